The molecule has 1 N–H and O–H groups in total. The molecule has 0 saturated carbocycles. The highest BCUT2D eigenvalue weighted by molar-refractivity contribution is 9.10. The van der Waals surface area contributed by atoms with Gasteiger partial charge in [0.25, 0.3) is 0 Å². The summed E-state index contributed by atoms with van der Waals surface area (Å²) in [6.45, 7) is 2.11. The van der Waals surface area contributed by atoms with Crippen LogP contribution in [0.5, 0.6) is 0 Å². The minimum Gasteiger partial charge on any atom is -0.381 e. The quantitative estimate of drug-likeness (QED) is 0.881. The molecular weight excluding hydrogens is 258 g/mol. The standard InChI is InChI=1S/C11H14BrNS/c1-8-2-3-11(10(12)6-8)13-9-4-5-14-7-9/h2-3,6,9,13H,4-5,7H2,1H3/t9-/m1/s1. The minimum absolute atomic E-state index is 0.652. The molecule has 76 valence electrons. The van der Waals surface area contributed by atoms with Gasteiger partial charge in [0.2, 0.25) is 0 Å². The van der Waals surface area contributed by atoms with Crippen molar-refractivity contribution in [1.29, 1.82) is 0 Å². The lowest BCUT2D eigenvalue weighted by atomic mass is 10.2. The highest BCUT2D eigenvalue weighted by atomic mass is 79.9. The molecule has 0 unspecified atom stereocenters. The van der Waals surface area contributed by atoms with Gasteiger partial charge in [-0.3, -0.25) is 0 Å². The lowest BCUT2D eigenvalue weighted by molar-refractivity contribution is 0.812. The van der Waals surface area contributed by atoms with E-state index in [4.69, 9.17) is 0 Å². The summed E-state index contributed by atoms with van der Waals surface area (Å²) in [6.07, 6.45) is 1.28. The molecule has 0 aromatic heterocycles. The molecule has 1 nitrogen and oxygen atoms in total. The summed E-state index contributed by atoms with van der Waals surface area (Å²) in [4.78, 5) is 0. The van der Waals surface area contributed by atoms with Crippen molar-refractivity contribution < 1.29 is 0 Å². The van der Waals surface area contributed by atoms with Crippen LogP contribution in [-0.2, 0) is 0 Å². The van der Waals surface area contributed by atoms with Crippen molar-refractivity contribution in [2.45, 2.75) is 19.4 Å². The Morgan fingerprint density at radius 1 is 1.50 bits per heavy atom. The number of nitrogens with one attached hydrogen (secondary N) is 1. The third kappa shape index (κ3) is 2.45. The number of anilines is 1. The molecule has 14 heavy (non-hydrogen) atoms. The van der Waals surface area contributed by atoms with E-state index in [2.05, 4.69) is 46.4 Å². The second-order valence-electron chi connectivity index (χ2n) is 3.69. The predicted octanol–water partition coefficient (Wildman–Crippen LogP) is 3.67. The molecule has 1 heterocycles. The monoisotopic (exact) mass is 271 g/mol. The van der Waals surface area contributed by atoms with E-state index >= 15 is 0 Å². The van der Waals surface area contributed by atoms with E-state index < -0.39 is 0 Å². The average Bonchev–Trinajstić information content (AvgIpc) is 2.62. The van der Waals surface area contributed by atoms with E-state index in [0.717, 1.165) is 0 Å². The molecule has 1 atom stereocenters. The van der Waals surface area contributed by atoms with Crippen molar-refractivity contribution in [1.82, 2.24) is 0 Å². The van der Waals surface area contributed by atoms with Crippen molar-refractivity contribution in [3.05, 3.63) is 28.2 Å². The topological polar surface area (TPSA) is 12.0 Å². The second kappa shape index (κ2) is 4.58. The van der Waals surface area contributed by atoms with Gasteiger partial charge < -0.3 is 5.32 Å². The maximum atomic E-state index is 3.59. The molecule has 1 aromatic rings. The first-order valence-electron chi connectivity index (χ1n) is 4.86. The predicted molar refractivity (Wildman–Crippen MR) is 68.2 cm³/mol. The van der Waals surface area contributed by atoms with Crippen LogP contribution in [0.4, 0.5) is 5.69 Å². The first-order chi connectivity index (χ1) is 6.75. The molecule has 2 rings (SSSR count). The average molecular weight is 272 g/mol. The van der Waals surface area contributed by atoms with Crippen LogP contribution >= 0.6 is 27.7 Å². The van der Waals surface area contributed by atoms with Gasteiger partial charge in [0, 0.05) is 22.0 Å². The lowest BCUT2D eigenvalue weighted by Gasteiger charge is -2.14. The Labute approximate surface area is 97.8 Å². The largest absolute Gasteiger partial charge is 0.381 e. The summed E-state index contributed by atoms with van der Waals surface area (Å²) in [7, 11) is 0. The zero-order valence-electron chi connectivity index (χ0n) is 8.22. The van der Waals surface area contributed by atoms with Gasteiger partial charge in [-0.1, -0.05) is 6.07 Å². The minimum atomic E-state index is 0.652. The maximum absolute atomic E-state index is 3.59. The zero-order valence-corrected chi connectivity index (χ0v) is 10.6. The smallest absolute Gasteiger partial charge is 0.0487 e. The summed E-state index contributed by atoms with van der Waals surface area (Å²) in [5.41, 5.74) is 2.52. The normalized spacial score (nSPS) is 21.1. The van der Waals surface area contributed by atoms with E-state index in [0.29, 0.717) is 6.04 Å². The van der Waals surface area contributed by atoms with Crippen LogP contribution in [0.1, 0.15) is 12.0 Å². The van der Waals surface area contributed by atoms with E-state index in [-0.39, 0.29) is 0 Å². The summed E-state index contributed by atoms with van der Waals surface area (Å²) in [5.74, 6) is 2.53. The first kappa shape index (κ1) is 10.4. The maximum Gasteiger partial charge on any atom is 0.0487 e. The molecule has 3 heteroatoms. The summed E-state index contributed by atoms with van der Waals surface area (Å²) < 4.78 is 1.18. The molecule has 0 amide bonds. The van der Waals surface area contributed by atoms with Gasteiger partial charge in [-0.2, -0.15) is 11.8 Å². The Morgan fingerprint density at radius 3 is 3.00 bits per heavy atom. The van der Waals surface area contributed by atoms with Crippen molar-refractivity contribution in [2.75, 3.05) is 16.8 Å². The van der Waals surface area contributed by atoms with Crippen LogP contribution in [0.3, 0.4) is 0 Å². The van der Waals surface area contributed by atoms with Crippen LogP contribution in [0.15, 0.2) is 22.7 Å². The van der Waals surface area contributed by atoms with Crippen molar-refractivity contribution >= 4 is 33.4 Å². The van der Waals surface area contributed by atoms with Crippen LogP contribution in [0, 0.1) is 6.92 Å². The van der Waals surface area contributed by atoms with Crippen LogP contribution in [0.2, 0.25) is 0 Å². The third-order valence-electron chi connectivity index (χ3n) is 2.41. The molecule has 0 spiro atoms. The Bertz CT molecular complexity index is 321. The van der Waals surface area contributed by atoms with Crippen molar-refractivity contribution in [3.8, 4) is 0 Å². The van der Waals surface area contributed by atoms with Gasteiger partial charge in [-0.15, -0.1) is 0 Å². The highest BCUT2D eigenvalue weighted by Crippen LogP contribution is 2.27. The van der Waals surface area contributed by atoms with Crippen molar-refractivity contribution in [3.63, 3.8) is 0 Å². The molecule has 1 aromatic carbocycles. The molecule has 1 fully saturated rings. The van der Waals surface area contributed by atoms with E-state index in [1.165, 1.54) is 33.7 Å². The van der Waals surface area contributed by atoms with Gasteiger partial charge in [0.1, 0.15) is 0 Å². The first-order valence-corrected chi connectivity index (χ1v) is 6.81. The van der Waals surface area contributed by atoms with Gasteiger partial charge in [-0.25, -0.2) is 0 Å². The second-order valence-corrected chi connectivity index (χ2v) is 5.69. The van der Waals surface area contributed by atoms with E-state index in [1.54, 1.807) is 0 Å². The summed E-state index contributed by atoms with van der Waals surface area (Å²) in [5, 5.41) is 3.57. The molecule has 1 aliphatic rings. The number of thioether (sulfide) groups is 1. The Balaban J connectivity index is 2.08. The Morgan fingerprint density at radius 2 is 2.36 bits per heavy atom. The summed E-state index contributed by atoms with van der Waals surface area (Å²) in [6, 6.07) is 7.11. The van der Waals surface area contributed by atoms with Crippen LogP contribution in [-0.4, -0.2) is 17.5 Å². The molecular formula is C11H14BrNS. The van der Waals surface area contributed by atoms with E-state index in [1.807, 2.05) is 11.8 Å². The number of benzene rings is 1. The Hall–Kier alpha value is -0.150. The lowest BCUT2D eigenvalue weighted by Crippen LogP contribution is -2.18. The number of hydrogen-bond donors (Lipinski definition) is 1. The zero-order chi connectivity index (χ0) is 9.97. The van der Waals surface area contributed by atoms with Crippen molar-refractivity contribution in [2.24, 2.45) is 0 Å². The SMILES string of the molecule is Cc1ccc(N[C@@H]2CCSC2)c(Br)c1. The fourth-order valence-electron chi connectivity index (χ4n) is 1.61. The molecule has 0 bridgehead atoms. The molecule has 0 radical (unpaired) electrons. The van der Waals surface area contributed by atoms with Crippen LogP contribution < -0.4 is 5.32 Å². The number of halogens is 1. The molecule has 1 saturated heterocycles. The number of rotatable bonds is 2. The number of aryl methyl sites for hydroxylation is 1. The fourth-order valence-corrected chi connectivity index (χ4v) is 3.37. The number of hydrogen-bond acceptors (Lipinski definition) is 2. The van der Waals surface area contributed by atoms with Gasteiger partial charge >= 0.3 is 0 Å². The molecule has 1 aliphatic heterocycles. The third-order valence-corrected chi connectivity index (χ3v) is 4.23. The highest BCUT2D eigenvalue weighted by Gasteiger charge is 2.15. The fraction of sp³-hybridized carbons (Fsp3) is 0.455. The van der Waals surface area contributed by atoms with Gasteiger partial charge in [-0.05, 0) is 52.7 Å². The van der Waals surface area contributed by atoms with Gasteiger partial charge in [0.15, 0.2) is 0 Å². The van der Waals surface area contributed by atoms with Gasteiger partial charge in [0.05, 0.1) is 0 Å². The summed E-state index contributed by atoms with van der Waals surface area (Å²) >= 11 is 5.62. The molecule has 0 aliphatic carbocycles. The Kier molecular flexibility index (Phi) is 3.39. The van der Waals surface area contributed by atoms with Crippen LogP contribution in [0.25, 0.3) is 0 Å². The van der Waals surface area contributed by atoms with E-state index in [9.17, 15) is 0 Å².